The van der Waals surface area contributed by atoms with Crippen molar-refractivity contribution in [1.29, 1.82) is 0 Å². The SMILES string of the molecule is O=C(NC1CC1)c1c(-c2ccccc2)csc1NC(=O)[C@H]1CC=CC[C@H]1C(=O)O. The highest BCUT2D eigenvalue weighted by molar-refractivity contribution is 7.15. The maximum Gasteiger partial charge on any atom is 0.307 e. The van der Waals surface area contributed by atoms with Crippen LogP contribution in [0.15, 0.2) is 47.9 Å². The second-order valence-corrected chi connectivity index (χ2v) is 8.33. The van der Waals surface area contributed by atoms with E-state index in [0.717, 1.165) is 24.0 Å². The molecule has 1 heterocycles. The minimum atomic E-state index is -0.975. The maximum atomic E-state index is 12.9. The Hall–Kier alpha value is -2.93. The van der Waals surface area contributed by atoms with E-state index in [9.17, 15) is 19.5 Å². The number of thiophene rings is 1. The molecule has 0 saturated heterocycles. The smallest absolute Gasteiger partial charge is 0.307 e. The molecular weight excluding hydrogens is 388 g/mol. The number of hydrogen-bond donors (Lipinski definition) is 3. The van der Waals surface area contributed by atoms with Crippen molar-refractivity contribution in [3.05, 3.63) is 53.4 Å². The predicted molar refractivity (Wildman–Crippen MR) is 112 cm³/mol. The number of allylic oxidation sites excluding steroid dienone is 2. The van der Waals surface area contributed by atoms with Gasteiger partial charge in [-0.15, -0.1) is 11.3 Å². The number of carbonyl (C=O) groups is 3. The van der Waals surface area contributed by atoms with Crippen molar-refractivity contribution in [3.63, 3.8) is 0 Å². The van der Waals surface area contributed by atoms with Crippen molar-refractivity contribution < 1.29 is 19.5 Å². The van der Waals surface area contributed by atoms with Crippen molar-refractivity contribution in [2.45, 2.75) is 31.7 Å². The van der Waals surface area contributed by atoms with Crippen molar-refractivity contribution in [2.75, 3.05) is 5.32 Å². The van der Waals surface area contributed by atoms with Crippen LogP contribution in [0.1, 0.15) is 36.0 Å². The van der Waals surface area contributed by atoms with Gasteiger partial charge in [0.1, 0.15) is 5.00 Å². The van der Waals surface area contributed by atoms with Gasteiger partial charge in [0.25, 0.3) is 5.91 Å². The van der Waals surface area contributed by atoms with Crippen LogP contribution in [0.2, 0.25) is 0 Å². The molecular formula is C22H22N2O4S. The molecule has 29 heavy (non-hydrogen) atoms. The highest BCUT2D eigenvalue weighted by Crippen LogP contribution is 2.37. The van der Waals surface area contributed by atoms with Gasteiger partial charge in [-0.2, -0.15) is 0 Å². The normalized spacial score (nSPS) is 20.8. The fraction of sp³-hybridized carbons (Fsp3) is 0.318. The van der Waals surface area contributed by atoms with Gasteiger partial charge < -0.3 is 15.7 Å². The van der Waals surface area contributed by atoms with Crippen LogP contribution >= 0.6 is 11.3 Å². The first-order valence-electron chi connectivity index (χ1n) is 9.71. The molecule has 2 aliphatic rings. The Bertz CT molecular complexity index is 962. The summed E-state index contributed by atoms with van der Waals surface area (Å²) in [5.74, 6) is -2.95. The van der Waals surface area contributed by atoms with E-state index in [0.29, 0.717) is 23.4 Å². The van der Waals surface area contributed by atoms with Crippen LogP contribution in [0.3, 0.4) is 0 Å². The lowest BCUT2D eigenvalue weighted by Gasteiger charge is -2.24. The summed E-state index contributed by atoms with van der Waals surface area (Å²) in [7, 11) is 0. The van der Waals surface area contributed by atoms with Crippen LogP contribution in [0.4, 0.5) is 5.00 Å². The summed E-state index contributed by atoms with van der Waals surface area (Å²) in [4.78, 5) is 37.4. The molecule has 1 aromatic carbocycles. The number of anilines is 1. The standard InChI is InChI=1S/C22H22N2O4S/c25-19(15-8-4-5-9-16(15)22(27)28)24-21-18(20(26)23-14-10-11-14)17(12-29-21)13-6-2-1-3-7-13/h1-7,12,14-16H,8-11H2,(H,23,26)(H,24,25)(H,27,28)/t15-,16+/m0/s1. The Morgan fingerprint density at radius 1 is 1.00 bits per heavy atom. The molecule has 3 N–H and O–H groups in total. The van der Waals surface area contributed by atoms with E-state index in [4.69, 9.17) is 0 Å². The van der Waals surface area contributed by atoms with E-state index in [1.165, 1.54) is 11.3 Å². The third-order valence-electron chi connectivity index (χ3n) is 5.34. The fourth-order valence-electron chi connectivity index (χ4n) is 3.57. The zero-order chi connectivity index (χ0) is 20.4. The van der Waals surface area contributed by atoms with Crippen molar-refractivity contribution in [1.82, 2.24) is 5.32 Å². The predicted octanol–water partition coefficient (Wildman–Crippen LogP) is 3.91. The number of carboxylic acids is 1. The van der Waals surface area contributed by atoms with Gasteiger partial charge in [0.05, 0.1) is 17.4 Å². The highest BCUT2D eigenvalue weighted by atomic mass is 32.1. The number of amides is 2. The van der Waals surface area contributed by atoms with Crippen LogP contribution < -0.4 is 10.6 Å². The van der Waals surface area contributed by atoms with E-state index < -0.39 is 17.8 Å². The zero-order valence-corrected chi connectivity index (χ0v) is 16.6. The second kappa shape index (κ2) is 8.21. The van der Waals surface area contributed by atoms with E-state index in [1.54, 1.807) is 6.08 Å². The average Bonchev–Trinajstić information content (AvgIpc) is 3.45. The number of carboxylic acid groups (broad SMARTS) is 1. The van der Waals surface area contributed by atoms with Crippen LogP contribution in [-0.2, 0) is 9.59 Å². The molecule has 6 nitrogen and oxygen atoms in total. The molecule has 0 aliphatic heterocycles. The van der Waals surface area contributed by atoms with Gasteiger partial charge in [-0.05, 0) is 31.2 Å². The number of hydrogen-bond acceptors (Lipinski definition) is 4. The molecule has 1 fully saturated rings. The first kappa shape index (κ1) is 19.4. The average molecular weight is 410 g/mol. The van der Waals surface area contributed by atoms with Crippen molar-refractivity contribution in [3.8, 4) is 11.1 Å². The number of aliphatic carboxylic acids is 1. The minimum Gasteiger partial charge on any atom is -0.481 e. The van der Waals surface area contributed by atoms with Gasteiger partial charge in [0.2, 0.25) is 5.91 Å². The largest absolute Gasteiger partial charge is 0.481 e. The minimum absolute atomic E-state index is 0.189. The third-order valence-corrected chi connectivity index (χ3v) is 6.23. The summed E-state index contributed by atoms with van der Waals surface area (Å²) in [5, 5.41) is 17.6. The van der Waals surface area contributed by atoms with Gasteiger partial charge in [0, 0.05) is 17.0 Å². The molecule has 0 radical (unpaired) electrons. The number of benzene rings is 1. The lowest BCUT2D eigenvalue weighted by Crippen LogP contribution is -2.35. The van der Waals surface area contributed by atoms with Crippen LogP contribution in [0.25, 0.3) is 11.1 Å². The quantitative estimate of drug-likeness (QED) is 0.629. The van der Waals surface area contributed by atoms with Crippen molar-refractivity contribution in [2.24, 2.45) is 11.8 Å². The zero-order valence-electron chi connectivity index (χ0n) is 15.8. The summed E-state index contributed by atoms with van der Waals surface area (Å²) in [6, 6.07) is 9.75. The second-order valence-electron chi connectivity index (χ2n) is 7.45. The third kappa shape index (κ3) is 4.24. The number of nitrogens with one attached hydrogen (secondary N) is 2. The molecule has 150 valence electrons. The van der Waals surface area contributed by atoms with E-state index in [2.05, 4.69) is 10.6 Å². The Morgan fingerprint density at radius 3 is 2.34 bits per heavy atom. The summed E-state index contributed by atoms with van der Waals surface area (Å²) in [6.07, 6.45) is 6.29. The van der Waals surface area contributed by atoms with Gasteiger partial charge in [-0.3, -0.25) is 14.4 Å². The van der Waals surface area contributed by atoms with Gasteiger partial charge in [-0.25, -0.2) is 0 Å². The number of carbonyl (C=O) groups excluding carboxylic acids is 2. The van der Waals surface area contributed by atoms with E-state index in [1.807, 2.05) is 41.8 Å². The molecule has 0 spiro atoms. The molecule has 2 aromatic rings. The molecule has 0 bridgehead atoms. The molecule has 7 heteroatoms. The molecule has 2 aliphatic carbocycles. The molecule has 1 aromatic heterocycles. The van der Waals surface area contributed by atoms with Crippen LogP contribution in [0, 0.1) is 11.8 Å². The topological polar surface area (TPSA) is 95.5 Å². The lowest BCUT2D eigenvalue weighted by atomic mass is 9.82. The number of rotatable bonds is 6. The fourth-order valence-corrected chi connectivity index (χ4v) is 4.54. The summed E-state index contributed by atoms with van der Waals surface area (Å²) in [6.45, 7) is 0. The van der Waals surface area contributed by atoms with E-state index >= 15 is 0 Å². The van der Waals surface area contributed by atoms with Crippen molar-refractivity contribution >= 4 is 34.1 Å². The molecule has 2 atom stereocenters. The Kier molecular flexibility index (Phi) is 5.49. The Balaban J connectivity index is 1.63. The van der Waals surface area contributed by atoms with Crippen LogP contribution in [-0.4, -0.2) is 28.9 Å². The van der Waals surface area contributed by atoms with Gasteiger partial charge in [0.15, 0.2) is 0 Å². The summed E-state index contributed by atoms with van der Waals surface area (Å²) >= 11 is 1.29. The maximum absolute atomic E-state index is 12.9. The molecule has 1 saturated carbocycles. The monoisotopic (exact) mass is 410 g/mol. The Morgan fingerprint density at radius 2 is 1.69 bits per heavy atom. The molecule has 2 amide bonds. The molecule has 4 rings (SSSR count). The summed E-state index contributed by atoms with van der Waals surface area (Å²) < 4.78 is 0. The first-order valence-corrected chi connectivity index (χ1v) is 10.6. The highest BCUT2D eigenvalue weighted by Gasteiger charge is 2.35. The van der Waals surface area contributed by atoms with Crippen LogP contribution in [0.5, 0.6) is 0 Å². The first-order chi connectivity index (χ1) is 14.0. The van der Waals surface area contributed by atoms with E-state index in [-0.39, 0.29) is 17.9 Å². The van der Waals surface area contributed by atoms with Gasteiger partial charge >= 0.3 is 5.97 Å². The lowest BCUT2D eigenvalue weighted by molar-refractivity contribution is -0.146. The van der Waals surface area contributed by atoms with Gasteiger partial charge in [-0.1, -0.05) is 42.5 Å². The molecule has 0 unspecified atom stereocenters. The summed E-state index contributed by atoms with van der Waals surface area (Å²) in [5.41, 5.74) is 2.11. The Labute approximate surface area is 172 Å².